The van der Waals surface area contributed by atoms with Crippen molar-refractivity contribution in [1.29, 1.82) is 0 Å². The second kappa shape index (κ2) is 7.39. The van der Waals surface area contributed by atoms with Crippen molar-refractivity contribution in [3.8, 4) is 0 Å². The Labute approximate surface area is 162 Å². The molecule has 4 bridgehead atoms. The molecule has 0 radical (unpaired) electrons. The smallest absolute Gasteiger partial charge is 0.233 e. The van der Waals surface area contributed by atoms with Crippen LogP contribution in [-0.4, -0.2) is 32.6 Å². The molecule has 5 rings (SSSR count). The Kier molecular flexibility index (Phi) is 5.35. The van der Waals surface area contributed by atoms with Gasteiger partial charge >= 0.3 is 0 Å². The highest BCUT2D eigenvalue weighted by atomic mass is 32.2. The van der Waals surface area contributed by atoms with Crippen LogP contribution in [0.2, 0.25) is 0 Å². The number of thioether (sulfide) groups is 2. The van der Waals surface area contributed by atoms with Crippen LogP contribution in [0.3, 0.4) is 0 Å². The van der Waals surface area contributed by atoms with Crippen LogP contribution in [0.1, 0.15) is 58.8 Å². The number of hydrogen-bond donors (Lipinski definition) is 1. The molecule has 0 spiro atoms. The van der Waals surface area contributed by atoms with Gasteiger partial charge in [-0.05, 0) is 69.6 Å². The number of carbonyl (C=O) groups excluding carboxylic acids is 1. The van der Waals surface area contributed by atoms with Crippen LogP contribution in [0.4, 0.5) is 0 Å². The molecule has 7 heteroatoms. The second-order valence-electron chi connectivity index (χ2n) is 8.13. The van der Waals surface area contributed by atoms with Crippen molar-refractivity contribution in [3.05, 3.63) is 0 Å². The number of aromatic nitrogens is 2. The summed E-state index contributed by atoms with van der Waals surface area (Å²) in [6.45, 7) is 4.17. The van der Waals surface area contributed by atoms with Crippen LogP contribution >= 0.6 is 34.9 Å². The first-order chi connectivity index (χ1) is 12.0. The minimum absolute atomic E-state index is 0.101. The maximum Gasteiger partial charge on any atom is 0.233 e. The lowest BCUT2D eigenvalue weighted by Gasteiger charge is -2.57. The molecule has 1 aromatic heterocycles. The topological polar surface area (TPSA) is 54.9 Å². The van der Waals surface area contributed by atoms with E-state index >= 15 is 0 Å². The lowest BCUT2D eigenvalue weighted by Crippen LogP contribution is -2.60. The Hall–Kier alpha value is -0.270. The highest BCUT2D eigenvalue weighted by Gasteiger charge is 2.51. The van der Waals surface area contributed by atoms with Crippen molar-refractivity contribution in [1.82, 2.24) is 15.5 Å². The molecular weight excluding hydrogens is 370 g/mol. The van der Waals surface area contributed by atoms with Gasteiger partial charge in [-0.25, -0.2) is 0 Å². The van der Waals surface area contributed by atoms with Gasteiger partial charge in [0.15, 0.2) is 8.68 Å². The molecule has 0 aromatic carbocycles. The summed E-state index contributed by atoms with van der Waals surface area (Å²) in [4.78, 5) is 12.8. The van der Waals surface area contributed by atoms with Crippen molar-refractivity contribution in [2.45, 2.75) is 78.3 Å². The molecule has 25 heavy (non-hydrogen) atoms. The number of nitrogens with one attached hydrogen (secondary N) is 1. The predicted octanol–water partition coefficient (Wildman–Crippen LogP) is 4.61. The third-order valence-electron chi connectivity index (χ3n) is 5.89. The van der Waals surface area contributed by atoms with E-state index in [2.05, 4.69) is 22.4 Å². The molecule has 4 saturated carbocycles. The van der Waals surface area contributed by atoms with Crippen LogP contribution in [0.15, 0.2) is 8.68 Å². The monoisotopic (exact) mass is 397 g/mol. The Morgan fingerprint density at radius 2 is 1.80 bits per heavy atom. The lowest BCUT2D eigenvalue weighted by atomic mass is 9.53. The van der Waals surface area contributed by atoms with Gasteiger partial charge in [0.05, 0.1) is 5.25 Å². The number of rotatable bonds is 7. The van der Waals surface area contributed by atoms with Crippen molar-refractivity contribution in [2.75, 3.05) is 5.75 Å². The summed E-state index contributed by atoms with van der Waals surface area (Å²) in [7, 11) is 0. The number of carbonyl (C=O) groups is 1. The van der Waals surface area contributed by atoms with Crippen molar-refractivity contribution in [3.63, 3.8) is 0 Å². The minimum Gasteiger partial charge on any atom is -0.350 e. The molecule has 4 aliphatic carbocycles. The van der Waals surface area contributed by atoms with Gasteiger partial charge in [0.1, 0.15) is 0 Å². The molecule has 1 atom stereocenters. The average molecular weight is 398 g/mol. The summed E-state index contributed by atoms with van der Waals surface area (Å²) < 4.78 is 1.92. The first-order valence-corrected chi connectivity index (χ1v) is 12.2. The quantitative estimate of drug-likeness (QED) is 0.681. The first kappa shape index (κ1) is 18.1. The molecule has 138 valence electrons. The molecule has 4 aliphatic rings. The highest BCUT2D eigenvalue weighted by molar-refractivity contribution is 8.03. The normalized spacial score (nSPS) is 34.2. The van der Waals surface area contributed by atoms with Crippen molar-refractivity contribution in [2.24, 2.45) is 17.8 Å². The van der Waals surface area contributed by atoms with E-state index in [4.69, 9.17) is 0 Å². The molecular formula is C18H27N3OS3. The van der Waals surface area contributed by atoms with E-state index in [0.717, 1.165) is 38.6 Å². The fraction of sp³-hybridized carbons (Fsp3) is 0.833. The molecule has 1 N–H and O–H groups in total. The molecule has 0 unspecified atom stereocenters. The summed E-state index contributed by atoms with van der Waals surface area (Å²) in [5, 5.41) is 11.8. The third-order valence-corrected chi connectivity index (χ3v) is 9.34. The minimum atomic E-state index is -0.107. The Morgan fingerprint density at radius 1 is 1.20 bits per heavy atom. The summed E-state index contributed by atoms with van der Waals surface area (Å²) >= 11 is 4.92. The molecule has 0 aliphatic heterocycles. The van der Waals surface area contributed by atoms with E-state index < -0.39 is 0 Å². The van der Waals surface area contributed by atoms with E-state index in [-0.39, 0.29) is 16.7 Å². The van der Waals surface area contributed by atoms with Crippen LogP contribution in [-0.2, 0) is 4.79 Å². The fourth-order valence-corrected chi connectivity index (χ4v) is 8.41. The Balaban J connectivity index is 1.34. The third kappa shape index (κ3) is 4.03. The highest BCUT2D eigenvalue weighted by Crippen LogP contribution is 2.55. The predicted molar refractivity (Wildman–Crippen MR) is 105 cm³/mol. The van der Waals surface area contributed by atoms with Gasteiger partial charge in [0, 0.05) is 11.3 Å². The Bertz CT molecular complexity index is 598. The summed E-state index contributed by atoms with van der Waals surface area (Å²) in [5.74, 6) is 3.83. The molecule has 1 heterocycles. The standard InChI is InChI=1S/C18H27N3OS3/c1-3-4-23-16-20-21-17(25-16)24-11(2)15(22)19-18-8-12-5-13(9-18)7-14(6-12)10-18/h11-14H,3-10H2,1-2H3,(H,19,22)/t11-,12?,13?,14?,18?/m0/s1. The summed E-state index contributed by atoms with van der Waals surface area (Å²) in [6, 6.07) is 0. The Morgan fingerprint density at radius 3 is 2.40 bits per heavy atom. The van der Waals surface area contributed by atoms with Gasteiger partial charge in [0.25, 0.3) is 0 Å². The lowest BCUT2D eigenvalue weighted by molar-refractivity contribution is -0.126. The van der Waals surface area contributed by atoms with E-state index in [0.29, 0.717) is 0 Å². The van der Waals surface area contributed by atoms with E-state index in [1.807, 2.05) is 6.92 Å². The fourth-order valence-electron chi connectivity index (χ4n) is 5.32. The number of nitrogens with zero attached hydrogens (tertiary/aromatic N) is 2. The van der Waals surface area contributed by atoms with Crippen LogP contribution in [0, 0.1) is 17.8 Å². The van der Waals surface area contributed by atoms with Gasteiger partial charge in [-0.15, -0.1) is 10.2 Å². The van der Waals surface area contributed by atoms with Crippen LogP contribution in [0.25, 0.3) is 0 Å². The zero-order chi connectivity index (χ0) is 17.4. The van der Waals surface area contributed by atoms with Crippen molar-refractivity contribution < 1.29 is 4.79 Å². The van der Waals surface area contributed by atoms with Crippen molar-refractivity contribution >= 4 is 40.8 Å². The first-order valence-electron chi connectivity index (χ1n) is 9.50. The summed E-state index contributed by atoms with van der Waals surface area (Å²) in [6.07, 6.45) is 8.97. The maximum absolute atomic E-state index is 12.8. The zero-order valence-electron chi connectivity index (χ0n) is 15.0. The van der Waals surface area contributed by atoms with E-state index in [9.17, 15) is 4.79 Å². The number of hydrogen-bond acceptors (Lipinski definition) is 6. The largest absolute Gasteiger partial charge is 0.350 e. The van der Waals surface area contributed by atoms with Gasteiger partial charge < -0.3 is 5.32 Å². The van der Waals surface area contributed by atoms with Gasteiger partial charge in [-0.1, -0.05) is 41.8 Å². The molecule has 0 saturated heterocycles. The van der Waals surface area contributed by atoms with E-state index in [1.54, 1.807) is 34.9 Å². The van der Waals surface area contributed by atoms with Gasteiger partial charge in [0.2, 0.25) is 5.91 Å². The van der Waals surface area contributed by atoms with Crippen LogP contribution in [0.5, 0.6) is 0 Å². The maximum atomic E-state index is 12.8. The molecule has 4 fully saturated rings. The molecule has 4 nitrogen and oxygen atoms in total. The van der Waals surface area contributed by atoms with Gasteiger partial charge in [-0.3, -0.25) is 4.79 Å². The van der Waals surface area contributed by atoms with Crippen LogP contribution < -0.4 is 5.32 Å². The average Bonchev–Trinajstić information content (AvgIpc) is 2.98. The van der Waals surface area contributed by atoms with Gasteiger partial charge in [-0.2, -0.15) is 0 Å². The SMILES string of the molecule is CCCSc1nnc(S[C@@H](C)C(=O)NC23CC4CC(CC(C4)C2)C3)s1. The second-order valence-corrected chi connectivity index (χ2v) is 12.0. The van der Waals surface area contributed by atoms with E-state index in [1.165, 1.54) is 38.5 Å². The zero-order valence-corrected chi connectivity index (χ0v) is 17.4. The number of amides is 1. The molecule has 1 aromatic rings. The summed E-state index contributed by atoms with van der Waals surface area (Å²) in [5.41, 5.74) is 0.101. The molecule has 1 amide bonds.